The summed E-state index contributed by atoms with van der Waals surface area (Å²) in [5.74, 6) is -0.799. The van der Waals surface area contributed by atoms with Gasteiger partial charge in [0.2, 0.25) is 0 Å². The third-order valence-corrected chi connectivity index (χ3v) is 2.74. The first-order valence-electron chi connectivity index (χ1n) is 5.70. The van der Waals surface area contributed by atoms with Gasteiger partial charge in [0.25, 0.3) is 0 Å². The molecular formula is C13H16O4. The Kier molecular flexibility index (Phi) is 3.76. The van der Waals surface area contributed by atoms with Crippen molar-refractivity contribution in [3.8, 4) is 0 Å². The van der Waals surface area contributed by atoms with Crippen molar-refractivity contribution in [3.63, 3.8) is 0 Å². The van der Waals surface area contributed by atoms with E-state index in [0.29, 0.717) is 13.0 Å². The summed E-state index contributed by atoms with van der Waals surface area (Å²) in [4.78, 5) is 10.5. The molecule has 0 radical (unpaired) electrons. The van der Waals surface area contributed by atoms with Crippen LogP contribution in [-0.2, 0) is 14.3 Å². The van der Waals surface area contributed by atoms with Gasteiger partial charge in [-0.25, -0.2) is 0 Å². The van der Waals surface area contributed by atoms with Gasteiger partial charge in [0.05, 0.1) is 12.7 Å². The lowest BCUT2D eigenvalue weighted by Crippen LogP contribution is -2.12. The van der Waals surface area contributed by atoms with Gasteiger partial charge in [0.1, 0.15) is 0 Å². The Morgan fingerprint density at radius 1 is 1.53 bits per heavy atom. The Hall–Kier alpha value is -1.39. The second kappa shape index (κ2) is 5.29. The van der Waals surface area contributed by atoms with Crippen LogP contribution in [0.3, 0.4) is 0 Å². The van der Waals surface area contributed by atoms with Crippen molar-refractivity contribution in [2.24, 2.45) is 0 Å². The van der Waals surface area contributed by atoms with Gasteiger partial charge in [0.15, 0.2) is 6.29 Å². The third kappa shape index (κ3) is 3.28. The highest BCUT2D eigenvalue weighted by atomic mass is 16.7. The molecule has 2 rings (SSSR count). The van der Waals surface area contributed by atoms with Crippen LogP contribution in [0.25, 0.3) is 0 Å². The lowest BCUT2D eigenvalue weighted by molar-refractivity contribution is -0.138. The van der Waals surface area contributed by atoms with Gasteiger partial charge >= 0.3 is 5.97 Å². The largest absolute Gasteiger partial charge is 0.481 e. The molecular weight excluding hydrogens is 220 g/mol. The molecule has 0 bridgehead atoms. The van der Waals surface area contributed by atoms with E-state index in [-0.39, 0.29) is 18.8 Å². The molecule has 1 aromatic rings. The van der Waals surface area contributed by atoms with Crippen LogP contribution in [0, 0.1) is 6.92 Å². The molecule has 4 heteroatoms. The lowest BCUT2D eigenvalue weighted by atomic mass is 10.1. The molecule has 0 amide bonds. The molecule has 1 saturated heterocycles. The van der Waals surface area contributed by atoms with Gasteiger partial charge < -0.3 is 14.6 Å². The maximum atomic E-state index is 10.5. The van der Waals surface area contributed by atoms with Crippen LogP contribution in [0.5, 0.6) is 0 Å². The summed E-state index contributed by atoms with van der Waals surface area (Å²) < 4.78 is 11.2. The lowest BCUT2D eigenvalue weighted by Gasteiger charge is -2.11. The van der Waals surface area contributed by atoms with Crippen LogP contribution in [0.4, 0.5) is 0 Å². The summed E-state index contributed by atoms with van der Waals surface area (Å²) in [6.45, 7) is 2.48. The van der Waals surface area contributed by atoms with Crippen LogP contribution in [0.15, 0.2) is 24.3 Å². The summed E-state index contributed by atoms with van der Waals surface area (Å²) in [6.07, 6.45) is 0.150. The maximum absolute atomic E-state index is 10.5. The van der Waals surface area contributed by atoms with Crippen LogP contribution < -0.4 is 0 Å². The number of rotatable bonds is 4. The number of hydrogen-bond acceptors (Lipinski definition) is 3. The Balaban J connectivity index is 1.91. The topological polar surface area (TPSA) is 55.8 Å². The summed E-state index contributed by atoms with van der Waals surface area (Å²) >= 11 is 0. The van der Waals surface area contributed by atoms with E-state index in [2.05, 4.69) is 0 Å². The Morgan fingerprint density at radius 2 is 2.35 bits per heavy atom. The maximum Gasteiger partial charge on any atom is 0.303 e. The van der Waals surface area contributed by atoms with Gasteiger partial charge in [-0.1, -0.05) is 29.8 Å². The minimum atomic E-state index is -0.799. The van der Waals surface area contributed by atoms with Gasteiger partial charge in [-0.3, -0.25) is 4.79 Å². The number of aryl methyl sites for hydroxylation is 1. The fraction of sp³-hybridized carbons (Fsp3) is 0.462. The highest BCUT2D eigenvalue weighted by molar-refractivity contribution is 5.66. The first-order chi connectivity index (χ1) is 8.15. The molecule has 1 N–H and O–H groups in total. The minimum Gasteiger partial charge on any atom is -0.481 e. The Bertz CT molecular complexity index is 402. The number of aliphatic carboxylic acids is 1. The molecule has 1 fully saturated rings. The monoisotopic (exact) mass is 236 g/mol. The summed E-state index contributed by atoms with van der Waals surface area (Å²) in [6, 6.07) is 7.95. The molecule has 1 heterocycles. The number of carboxylic acid groups (broad SMARTS) is 1. The summed E-state index contributed by atoms with van der Waals surface area (Å²) in [5, 5.41) is 8.60. The first kappa shape index (κ1) is 12.1. The van der Waals surface area contributed by atoms with E-state index in [1.807, 2.05) is 31.2 Å². The second-order valence-corrected chi connectivity index (χ2v) is 4.27. The van der Waals surface area contributed by atoms with E-state index >= 15 is 0 Å². The quantitative estimate of drug-likeness (QED) is 0.871. The van der Waals surface area contributed by atoms with Crippen LogP contribution >= 0.6 is 0 Å². The highest BCUT2D eigenvalue weighted by Crippen LogP contribution is 2.28. The van der Waals surface area contributed by atoms with E-state index in [1.165, 1.54) is 0 Å². The fourth-order valence-corrected chi connectivity index (χ4v) is 1.88. The van der Waals surface area contributed by atoms with Crippen molar-refractivity contribution in [3.05, 3.63) is 35.4 Å². The van der Waals surface area contributed by atoms with Crippen molar-refractivity contribution in [1.29, 1.82) is 0 Å². The molecule has 17 heavy (non-hydrogen) atoms. The van der Waals surface area contributed by atoms with E-state index in [9.17, 15) is 4.79 Å². The number of carboxylic acids is 1. The standard InChI is InChI=1S/C13H16O4/c1-9-3-2-4-10(7-9)13-16-8-11(17-13)5-6-12(14)15/h2-4,7,11,13H,5-6,8H2,1H3,(H,14,15). The molecule has 92 valence electrons. The molecule has 0 aliphatic carbocycles. The van der Waals surface area contributed by atoms with Crippen molar-refractivity contribution in [1.82, 2.24) is 0 Å². The Labute approximate surface area is 100 Å². The Morgan fingerprint density at radius 3 is 3.06 bits per heavy atom. The molecule has 0 saturated carbocycles. The van der Waals surface area contributed by atoms with E-state index in [4.69, 9.17) is 14.6 Å². The number of carbonyl (C=O) groups is 1. The third-order valence-electron chi connectivity index (χ3n) is 2.74. The van der Waals surface area contributed by atoms with Crippen molar-refractivity contribution in [2.45, 2.75) is 32.2 Å². The zero-order chi connectivity index (χ0) is 12.3. The molecule has 0 spiro atoms. The van der Waals surface area contributed by atoms with Crippen molar-refractivity contribution in [2.75, 3.05) is 6.61 Å². The minimum absolute atomic E-state index is 0.114. The second-order valence-electron chi connectivity index (χ2n) is 4.27. The fourth-order valence-electron chi connectivity index (χ4n) is 1.88. The number of ether oxygens (including phenoxy) is 2. The molecule has 2 atom stereocenters. The van der Waals surface area contributed by atoms with E-state index in [0.717, 1.165) is 11.1 Å². The smallest absolute Gasteiger partial charge is 0.303 e. The van der Waals surface area contributed by atoms with Crippen molar-refractivity contribution >= 4 is 5.97 Å². The predicted molar refractivity (Wildman–Crippen MR) is 61.6 cm³/mol. The van der Waals surface area contributed by atoms with Crippen molar-refractivity contribution < 1.29 is 19.4 Å². The molecule has 0 aromatic heterocycles. The molecule has 4 nitrogen and oxygen atoms in total. The van der Waals surface area contributed by atoms with Crippen LogP contribution in [0.2, 0.25) is 0 Å². The SMILES string of the molecule is Cc1cccc(C2OCC(CCC(=O)O)O2)c1. The first-order valence-corrected chi connectivity index (χ1v) is 5.70. The number of hydrogen-bond donors (Lipinski definition) is 1. The zero-order valence-corrected chi connectivity index (χ0v) is 9.76. The summed E-state index contributed by atoms with van der Waals surface area (Å²) in [7, 11) is 0. The van der Waals surface area contributed by atoms with E-state index in [1.54, 1.807) is 0 Å². The average molecular weight is 236 g/mol. The van der Waals surface area contributed by atoms with Gasteiger partial charge in [-0.2, -0.15) is 0 Å². The normalized spacial score (nSPS) is 23.8. The highest BCUT2D eigenvalue weighted by Gasteiger charge is 2.27. The summed E-state index contributed by atoms with van der Waals surface area (Å²) in [5.41, 5.74) is 2.14. The van der Waals surface area contributed by atoms with Crippen LogP contribution in [0.1, 0.15) is 30.3 Å². The average Bonchev–Trinajstić information content (AvgIpc) is 2.75. The van der Waals surface area contributed by atoms with Gasteiger partial charge in [-0.05, 0) is 13.3 Å². The molecule has 1 aromatic carbocycles. The van der Waals surface area contributed by atoms with Gasteiger partial charge in [-0.15, -0.1) is 0 Å². The molecule has 2 unspecified atom stereocenters. The zero-order valence-electron chi connectivity index (χ0n) is 9.76. The predicted octanol–water partition coefficient (Wildman–Crippen LogP) is 2.27. The van der Waals surface area contributed by atoms with Gasteiger partial charge in [0, 0.05) is 12.0 Å². The number of benzene rings is 1. The van der Waals surface area contributed by atoms with Crippen LogP contribution in [-0.4, -0.2) is 23.8 Å². The molecule has 1 aliphatic rings. The molecule has 1 aliphatic heterocycles. The van der Waals surface area contributed by atoms with E-state index < -0.39 is 5.97 Å².